The van der Waals surface area contributed by atoms with Crippen molar-refractivity contribution in [1.82, 2.24) is 9.97 Å². The molecule has 1 amide bonds. The van der Waals surface area contributed by atoms with Crippen LogP contribution in [0.2, 0.25) is 0 Å². The Balaban J connectivity index is 1.98. The summed E-state index contributed by atoms with van der Waals surface area (Å²) in [6.07, 6.45) is 6.18. The van der Waals surface area contributed by atoms with Crippen LogP contribution in [0.25, 0.3) is 0 Å². The maximum atomic E-state index is 12.0. The van der Waals surface area contributed by atoms with E-state index in [9.17, 15) is 4.79 Å². The number of hydrogen-bond acceptors (Lipinski definition) is 5. The van der Waals surface area contributed by atoms with Gasteiger partial charge in [-0.2, -0.15) is 0 Å². The van der Waals surface area contributed by atoms with Gasteiger partial charge in [0.05, 0.1) is 12.4 Å². The summed E-state index contributed by atoms with van der Waals surface area (Å²) < 4.78 is 0. The number of nitrogen functional groups attached to an aromatic ring is 1. The number of nitrogens with zero attached hydrogens (tertiary/aromatic N) is 2. The van der Waals surface area contributed by atoms with Crippen LogP contribution in [0.1, 0.15) is 35.8 Å². The normalized spacial score (nSPS) is 10.2. The van der Waals surface area contributed by atoms with E-state index in [1.54, 1.807) is 0 Å². The Hall–Kier alpha value is -2.47. The molecule has 1 aromatic carbocycles. The van der Waals surface area contributed by atoms with E-state index < -0.39 is 0 Å². The number of benzene rings is 1. The zero-order chi connectivity index (χ0) is 15.1. The molecule has 0 unspecified atom stereocenters. The smallest absolute Gasteiger partial charge is 0.275 e. The number of aryl methyl sites for hydroxylation is 1. The molecule has 1 aromatic heterocycles. The van der Waals surface area contributed by atoms with Gasteiger partial charge in [-0.25, -0.2) is 15.8 Å². The van der Waals surface area contributed by atoms with E-state index >= 15 is 0 Å². The number of carbonyl (C=O) groups excluding carboxylic acids is 1. The Kier molecular flexibility index (Phi) is 5.22. The average molecular weight is 285 g/mol. The predicted octanol–water partition coefficient (Wildman–Crippen LogP) is 2.36. The lowest BCUT2D eigenvalue weighted by Crippen LogP contribution is -2.15. The number of nitrogens with one attached hydrogen (secondary N) is 2. The van der Waals surface area contributed by atoms with Gasteiger partial charge in [-0.1, -0.05) is 25.5 Å². The first-order valence-electron chi connectivity index (χ1n) is 6.92. The second kappa shape index (κ2) is 7.35. The van der Waals surface area contributed by atoms with Crippen LogP contribution in [0.15, 0.2) is 36.7 Å². The van der Waals surface area contributed by atoms with Crippen LogP contribution in [0.5, 0.6) is 0 Å². The lowest BCUT2D eigenvalue weighted by Gasteiger charge is -2.06. The standard InChI is InChI=1S/C15H19N5O/c1-2-3-4-11-5-7-12(8-6-11)19-15(21)13-9-18-14(20-16)10-17-13/h5-10H,2-4,16H2,1H3,(H,18,20)(H,19,21). The first kappa shape index (κ1) is 14.9. The molecule has 4 N–H and O–H groups in total. The molecule has 0 saturated carbocycles. The zero-order valence-electron chi connectivity index (χ0n) is 12.0. The van der Waals surface area contributed by atoms with Crippen molar-refractivity contribution >= 4 is 17.4 Å². The summed E-state index contributed by atoms with van der Waals surface area (Å²) in [5, 5.41) is 2.79. The van der Waals surface area contributed by atoms with Crippen LogP contribution < -0.4 is 16.6 Å². The minimum Gasteiger partial charge on any atom is -0.321 e. The Morgan fingerprint density at radius 2 is 1.95 bits per heavy atom. The third kappa shape index (κ3) is 4.25. The Labute approximate surface area is 123 Å². The molecule has 0 aliphatic heterocycles. The molecule has 0 spiro atoms. The van der Waals surface area contributed by atoms with Crippen molar-refractivity contribution in [2.24, 2.45) is 5.84 Å². The van der Waals surface area contributed by atoms with Crippen molar-refractivity contribution in [2.75, 3.05) is 10.7 Å². The first-order chi connectivity index (χ1) is 10.2. The quantitative estimate of drug-likeness (QED) is 0.559. The number of anilines is 2. The van der Waals surface area contributed by atoms with Crippen LogP contribution >= 0.6 is 0 Å². The third-order valence-corrected chi connectivity index (χ3v) is 3.06. The van der Waals surface area contributed by atoms with Crippen molar-refractivity contribution in [3.05, 3.63) is 47.9 Å². The maximum Gasteiger partial charge on any atom is 0.275 e. The Morgan fingerprint density at radius 1 is 1.19 bits per heavy atom. The number of nitrogens with two attached hydrogens (primary N) is 1. The first-order valence-corrected chi connectivity index (χ1v) is 6.92. The van der Waals surface area contributed by atoms with Crippen molar-refractivity contribution in [2.45, 2.75) is 26.2 Å². The van der Waals surface area contributed by atoms with Crippen LogP contribution in [0.4, 0.5) is 11.5 Å². The SMILES string of the molecule is CCCCc1ccc(NC(=O)c2cnc(NN)cn2)cc1. The molecule has 2 rings (SSSR count). The van der Waals surface area contributed by atoms with Gasteiger partial charge < -0.3 is 10.7 Å². The fourth-order valence-corrected chi connectivity index (χ4v) is 1.85. The van der Waals surface area contributed by atoms with Gasteiger partial charge >= 0.3 is 0 Å². The monoisotopic (exact) mass is 285 g/mol. The molecule has 21 heavy (non-hydrogen) atoms. The number of hydrogen-bond donors (Lipinski definition) is 3. The van der Waals surface area contributed by atoms with Gasteiger partial charge in [0.2, 0.25) is 0 Å². The maximum absolute atomic E-state index is 12.0. The molecule has 0 aliphatic carbocycles. The fourth-order valence-electron chi connectivity index (χ4n) is 1.85. The van der Waals surface area contributed by atoms with Crippen LogP contribution in [0, 0.1) is 0 Å². The zero-order valence-corrected chi connectivity index (χ0v) is 12.0. The Bertz CT molecular complexity index is 580. The van der Waals surface area contributed by atoms with Gasteiger partial charge in [-0.3, -0.25) is 4.79 Å². The lowest BCUT2D eigenvalue weighted by atomic mass is 10.1. The van der Waals surface area contributed by atoms with Gasteiger partial charge in [-0.05, 0) is 30.5 Å². The van der Waals surface area contributed by atoms with Crippen molar-refractivity contribution in [3.63, 3.8) is 0 Å². The highest BCUT2D eigenvalue weighted by Crippen LogP contribution is 2.12. The highest BCUT2D eigenvalue weighted by atomic mass is 16.1. The van der Waals surface area contributed by atoms with Gasteiger partial charge in [-0.15, -0.1) is 0 Å². The molecule has 0 radical (unpaired) electrons. The van der Waals surface area contributed by atoms with E-state index in [1.807, 2.05) is 24.3 Å². The van der Waals surface area contributed by atoms with Crippen LogP contribution in [-0.2, 0) is 6.42 Å². The molecule has 6 heteroatoms. The van der Waals surface area contributed by atoms with Crippen molar-refractivity contribution < 1.29 is 4.79 Å². The molecule has 2 aromatic rings. The van der Waals surface area contributed by atoms with Crippen LogP contribution in [0.3, 0.4) is 0 Å². The number of carbonyl (C=O) groups is 1. The topological polar surface area (TPSA) is 92.9 Å². The molecule has 110 valence electrons. The summed E-state index contributed by atoms with van der Waals surface area (Å²) in [5.41, 5.74) is 4.61. The molecule has 0 aliphatic rings. The molecule has 0 atom stereocenters. The second-order valence-corrected chi connectivity index (χ2v) is 4.69. The van der Waals surface area contributed by atoms with E-state index in [4.69, 9.17) is 5.84 Å². The second-order valence-electron chi connectivity index (χ2n) is 4.69. The largest absolute Gasteiger partial charge is 0.321 e. The van der Waals surface area contributed by atoms with E-state index in [0.29, 0.717) is 5.82 Å². The molecular weight excluding hydrogens is 266 g/mol. The number of rotatable bonds is 6. The average Bonchev–Trinajstić information content (AvgIpc) is 2.54. The van der Waals surface area contributed by atoms with Crippen LogP contribution in [-0.4, -0.2) is 15.9 Å². The van der Waals surface area contributed by atoms with Gasteiger partial charge in [0.15, 0.2) is 5.82 Å². The predicted molar refractivity (Wildman–Crippen MR) is 82.8 cm³/mol. The molecule has 1 heterocycles. The summed E-state index contributed by atoms with van der Waals surface area (Å²) in [6, 6.07) is 7.84. The van der Waals surface area contributed by atoms with E-state index in [1.165, 1.54) is 30.8 Å². The van der Waals surface area contributed by atoms with E-state index in [2.05, 4.69) is 27.6 Å². The Morgan fingerprint density at radius 3 is 2.52 bits per heavy atom. The number of amides is 1. The number of hydrazine groups is 1. The fraction of sp³-hybridized carbons (Fsp3) is 0.267. The molecule has 0 fully saturated rings. The minimum absolute atomic E-state index is 0.240. The summed E-state index contributed by atoms with van der Waals surface area (Å²) >= 11 is 0. The van der Waals surface area contributed by atoms with Gasteiger partial charge in [0.1, 0.15) is 5.69 Å². The van der Waals surface area contributed by atoms with Crippen molar-refractivity contribution in [3.8, 4) is 0 Å². The highest BCUT2D eigenvalue weighted by molar-refractivity contribution is 6.02. The van der Waals surface area contributed by atoms with E-state index in [-0.39, 0.29) is 11.6 Å². The summed E-state index contributed by atoms with van der Waals surface area (Å²) in [4.78, 5) is 19.9. The highest BCUT2D eigenvalue weighted by Gasteiger charge is 2.08. The number of aromatic nitrogens is 2. The molecular formula is C15H19N5O. The summed E-state index contributed by atoms with van der Waals surface area (Å²) in [5.74, 6) is 5.31. The summed E-state index contributed by atoms with van der Waals surface area (Å²) in [6.45, 7) is 2.17. The lowest BCUT2D eigenvalue weighted by molar-refractivity contribution is 0.102. The van der Waals surface area contributed by atoms with E-state index in [0.717, 1.165) is 12.1 Å². The molecule has 6 nitrogen and oxygen atoms in total. The molecule has 0 bridgehead atoms. The number of unbranched alkanes of at least 4 members (excludes halogenated alkanes) is 1. The third-order valence-electron chi connectivity index (χ3n) is 3.06. The minimum atomic E-state index is -0.299. The van der Waals surface area contributed by atoms with Crippen molar-refractivity contribution in [1.29, 1.82) is 0 Å². The van der Waals surface area contributed by atoms with Gasteiger partial charge in [0, 0.05) is 5.69 Å². The summed E-state index contributed by atoms with van der Waals surface area (Å²) in [7, 11) is 0. The molecule has 0 saturated heterocycles. The van der Waals surface area contributed by atoms with Gasteiger partial charge in [0.25, 0.3) is 5.91 Å².